The van der Waals surface area contributed by atoms with E-state index < -0.39 is 0 Å². The fraction of sp³-hybridized carbons (Fsp3) is 0.333. The summed E-state index contributed by atoms with van der Waals surface area (Å²) in [4.78, 5) is 0. The summed E-state index contributed by atoms with van der Waals surface area (Å²) in [6, 6.07) is 14.6. The molecule has 2 N–H and O–H groups in total. The molecular formula is C18H22Cl2O5. The minimum absolute atomic E-state index is 0.0417. The minimum atomic E-state index is 0.0417. The van der Waals surface area contributed by atoms with Crippen LogP contribution in [0.1, 0.15) is 0 Å². The van der Waals surface area contributed by atoms with E-state index in [1.54, 1.807) is 24.3 Å². The van der Waals surface area contributed by atoms with Crippen LogP contribution in [0.2, 0.25) is 10.0 Å². The average Bonchev–Trinajstić information content (AvgIpc) is 2.62. The van der Waals surface area contributed by atoms with Gasteiger partial charge in [0.1, 0.15) is 11.5 Å². The Kier molecular flexibility index (Phi) is 12.1. The van der Waals surface area contributed by atoms with Crippen LogP contribution < -0.4 is 4.74 Å². The zero-order valence-electron chi connectivity index (χ0n) is 13.7. The standard InChI is InChI=1S/C12H8Cl2O.C6H14O4/c13-9-5-1-3-7-11(9)15-12-8-4-2-6-10(12)14;7-1-3-9-5-6-10-4-2-8/h1-8H;7-8H,1-6H2. The number of para-hydroxylation sites is 2. The number of aliphatic hydroxyl groups excluding tert-OH is 2. The summed E-state index contributed by atoms with van der Waals surface area (Å²) in [5.74, 6) is 1.21. The third kappa shape index (κ3) is 9.65. The Hall–Kier alpha value is -1.34. The van der Waals surface area contributed by atoms with Gasteiger partial charge in [0.05, 0.1) is 49.7 Å². The molecule has 0 aliphatic rings. The van der Waals surface area contributed by atoms with E-state index >= 15 is 0 Å². The summed E-state index contributed by atoms with van der Waals surface area (Å²) in [6.45, 7) is 1.73. The highest BCUT2D eigenvalue weighted by Crippen LogP contribution is 2.32. The van der Waals surface area contributed by atoms with Crippen LogP contribution >= 0.6 is 23.2 Å². The van der Waals surface area contributed by atoms with Crippen molar-refractivity contribution in [1.29, 1.82) is 0 Å². The summed E-state index contributed by atoms with van der Waals surface area (Å²) in [7, 11) is 0. The molecule has 0 atom stereocenters. The smallest absolute Gasteiger partial charge is 0.146 e. The van der Waals surface area contributed by atoms with E-state index in [-0.39, 0.29) is 13.2 Å². The van der Waals surface area contributed by atoms with Gasteiger partial charge in [-0.2, -0.15) is 0 Å². The quantitative estimate of drug-likeness (QED) is 0.639. The molecule has 25 heavy (non-hydrogen) atoms. The second kappa shape index (κ2) is 13.9. The lowest BCUT2D eigenvalue weighted by atomic mass is 10.3. The first kappa shape index (κ1) is 21.7. The maximum absolute atomic E-state index is 8.26. The van der Waals surface area contributed by atoms with Crippen LogP contribution in [0, 0.1) is 0 Å². The highest BCUT2D eigenvalue weighted by Gasteiger charge is 2.04. The van der Waals surface area contributed by atoms with Crippen molar-refractivity contribution in [2.45, 2.75) is 0 Å². The predicted molar refractivity (Wildman–Crippen MR) is 98.8 cm³/mol. The molecule has 5 nitrogen and oxygen atoms in total. The third-order valence-electron chi connectivity index (χ3n) is 2.74. The largest absolute Gasteiger partial charge is 0.454 e. The molecule has 2 rings (SSSR count). The third-order valence-corrected chi connectivity index (χ3v) is 3.36. The molecule has 7 heteroatoms. The Morgan fingerprint density at radius 3 is 1.40 bits per heavy atom. The van der Waals surface area contributed by atoms with Crippen LogP contribution in [0.5, 0.6) is 11.5 Å². The zero-order chi connectivity index (χ0) is 18.3. The molecule has 2 aromatic carbocycles. The molecule has 2 aromatic rings. The Morgan fingerprint density at radius 1 is 0.640 bits per heavy atom. The number of rotatable bonds is 9. The molecule has 0 aliphatic carbocycles. The van der Waals surface area contributed by atoms with Crippen LogP contribution in [0.15, 0.2) is 48.5 Å². The van der Waals surface area contributed by atoms with Crippen molar-refractivity contribution >= 4 is 23.2 Å². The van der Waals surface area contributed by atoms with E-state index in [4.69, 9.17) is 47.6 Å². The second-order valence-electron chi connectivity index (χ2n) is 4.63. The molecule has 0 aromatic heterocycles. The Morgan fingerprint density at radius 2 is 1.04 bits per heavy atom. The van der Waals surface area contributed by atoms with Crippen LogP contribution in [-0.2, 0) is 9.47 Å². The number of aliphatic hydroxyl groups is 2. The van der Waals surface area contributed by atoms with E-state index in [1.165, 1.54) is 0 Å². The summed E-state index contributed by atoms with van der Waals surface area (Å²) >= 11 is 11.9. The molecular weight excluding hydrogens is 367 g/mol. The van der Waals surface area contributed by atoms with Gasteiger partial charge in [0.15, 0.2) is 0 Å². The molecule has 0 amide bonds. The van der Waals surface area contributed by atoms with Crippen LogP contribution in [0.25, 0.3) is 0 Å². The van der Waals surface area contributed by atoms with E-state index in [1.807, 2.05) is 24.3 Å². The average molecular weight is 389 g/mol. The van der Waals surface area contributed by atoms with Crippen molar-refractivity contribution in [3.63, 3.8) is 0 Å². The van der Waals surface area contributed by atoms with Crippen LogP contribution in [-0.4, -0.2) is 49.9 Å². The second-order valence-corrected chi connectivity index (χ2v) is 5.45. The summed E-state index contributed by atoms with van der Waals surface area (Å²) in [5, 5.41) is 17.7. The zero-order valence-corrected chi connectivity index (χ0v) is 15.2. The molecule has 0 bridgehead atoms. The van der Waals surface area contributed by atoms with Crippen molar-refractivity contribution in [2.75, 3.05) is 39.6 Å². The minimum Gasteiger partial charge on any atom is -0.454 e. The monoisotopic (exact) mass is 388 g/mol. The van der Waals surface area contributed by atoms with E-state index in [0.29, 0.717) is 48.0 Å². The van der Waals surface area contributed by atoms with Gasteiger partial charge in [0.25, 0.3) is 0 Å². The number of hydrogen-bond acceptors (Lipinski definition) is 5. The first-order valence-corrected chi connectivity index (χ1v) is 8.48. The van der Waals surface area contributed by atoms with Gasteiger partial charge in [0, 0.05) is 0 Å². The molecule has 0 unspecified atom stereocenters. The SMILES string of the molecule is Clc1ccccc1Oc1ccccc1Cl.OCCOCCOCCO. The molecule has 0 fully saturated rings. The Bertz CT molecular complexity index is 544. The van der Waals surface area contributed by atoms with Gasteiger partial charge in [-0.15, -0.1) is 0 Å². The lowest BCUT2D eigenvalue weighted by molar-refractivity contribution is 0.0222. The van der Waals surface area contributed by atoms with Gasteiger partial charge < -0.3 is 24.4 Å². The number of halogens is 2. The van der Waals surface area contributed by atoms with Gasteiger partial charge in [-0.1, -0.05) is 47.5 Å². The summed E-state index contributed by atoms with van der Waals surface area (Å²) in [5.41, 5.74) is 0. The van der Waals surface area contributed by atoms with Gasteiger partial charge in [-0.25, -0.2) is 0 Å². The molecule has 0 radical (unpaired) electrons. The molecule has 0 heterocycles. The lowest BCUT2D eigenvalue weighted by Crippen LogP contribution is -2.09. The van der Waals surface area contributed by atoms with Crippen molar-refractivity contribution < 1.29 is 24.4 Å². The van der Waals surface area contributed by atoms with E-state index in [9.17, 15) is 0 Å². The fourth-order valence-electron chi connectivity index (χ4n) is 1.62. The van der Waals surface area contributed by atoms with Crippen LogP contribution in [0.4, 0.5) is 0 Å². The molecule has 0 saturated carbocycles. The number of ether oxygens (including phenoxy) is 3. The van der Waals surface area contributed by atoms with E-state index in [0.717, 1.165) is 0 Å². The maximum Gasteiger partial charge on any atom is 0.146 e. The summed E-state index contributed by atoms with van der Waals surface area (Å²) < 4.78 is 15.3. The predicted octanol–water partition coefficient (Wildman–Crippen LogP) is 3.79. The first-order valence-electron chi connectivity index (χ1n) is 7.73. The van der Waals surface area contributed by atoms with Crippen molar-refractivity contribution in [1.82, 2.24) is 0 Å². The van der Waals surface area contributed by atoms with Crippen molar-refractivity contribution in [3.05, 3.63) is 58.6 Å². The molecule has 0 spiro atoms. The van der Waals surface area contributed by atoms with Gasteiger partial charge in [-0.05, 0) is 24.3 Å². The van der Waals surface area contributed by atoms with Gasteiger partial charge in [0.2, 0.25) is 0 Å². The molecule has 138 valence electrons. The van der Waals surface area contributed by atoms with Crippen LogP contribution in [0.3, 0.4) is 0 Å². The molecule has 0 aliphatic heterocycles. The normalized spacial score (nSPS) is 10.1. The Balaban J connectivity index is 0.000000275. The maximum atomic E-state index is 8.26. The summed E-state index contributed by atoms with van der Waals surface area (Å²) in [6.07, 6.45) is 0. The van der Waals surface area contributed by atoms with Gasteiger partial charge in [-0.3, -0.25) is 0 Å². The van der Waals surface area contributed by atoms with Crippen molar-refractivity contribution in [2.24, 2.45) is 0 Å². The first-order chi connectivity index (χ1) is 12.2. The molecule has 0 saturated heterocycles. The topological polar surface area (TPSA) is 68.2 Å². The fourth-order valence-corrected chi connectivity index (χ4v) is 1.97. The highest BCUT2D eigenvalue weighted by molar-refractivity contribution is 6.32. The van der Waals surface area contributed by atoms with Crippen molar-refractivity contribution in [3.8, 4) is 11.5 Å². The van der Waals surface area contributed by atoms with Gasteiger partial charge >= 0.3 is 0 Å². The highest BCUT2D eigenvalue weighted by atomic mass is 35.5. The lowest BCUT2D eigenvalue weighted by Gasteiger charge is -2.08. The number of benzene rings is 2. The Labute approximate surface area is 157 Å². The number of hydrogen-bond donors (Lipinski definition) is 2. The van der Waals surface area contributed by atoms with E-state index in [2.05, 4.69) is 0 Å².